The third-order valence-electron chi connectivity index (χ3n) is 5.36. The van der Waals surface area contributed by atoms with E-state index in [9.17, 15) is 9.59 Å². The Labute approximate surface area is 183 Å². The number of hydrogen-bond donors (Lipinski definition) is 2. The maximum absolute atomic E-state index is 13.1. The van der Waals surface area contributed by atoms with Gasteiger partial charge in [0.2, 0.25) is 0 Å². The summed E-state index contributed by atoms with van der Waals surface area (Å²) in [5.74, 6) is 0.792. The van der Waals surface area contributed by atoms with Crippen molar-refractivity contribution in [1.82, 2.24) is 19.3 Å². The first-order valence-corrected chi connectivity index (χ1v) is 10.0. The summed E-state index contributed by atoms with van der Waals surface area (Å²) in [7, 11) is 4.64. The van der Waals surface area contributed by atoms with E-state index in [2.05, 4.69) is 10.3 Å². The fourth-order valence-corrected chi connectivity index (χ4v) is 3.69. The minimum absolute atomic E-state index is 0.00972. The first-order chi connectivity index (χ1) is 15.5. The molecule has 3 aromatic heterocycles. The fraction of sp³-hybridized carbons (Fsp3) is 0.217. The zero-order chi connectivity index (χ0) is 22.8. The molecule has 0 aliphatic heterocycles. The summed E-state index contributed by atoms with van der Waals surface area (Å²) in [6, 6.07) is 12.3. The molecule has 164 valence electrons. The molecule has 9 heteroatoms. The van der Waals surface area contributed by atoms with Crippen molar-refractivity contribution in [2.45, 2.75) is 13.0 Å². The Balaban J connectivity index is 1.89. The molecule has 0 spiro atoms. The van der Waals surface area contributed by atoms with Crippen molar-refractivity contribution >= 4 is 22.6 Å². The predicted octanol–water partition coefficient (Wildman–Crippen LogP) is 1.75. The van der Waals surface area contributed by atoms with Gasteiger partial charge in [-0.2, -0.15) is 0 Å². The third-order valence-corrected chi connectivity index (χ3v) is 5.36. The number of aromatic nitrogens is 3. The zero-order valence-electron chi connectivity index (χ0n) is 18.0. The maximum atomic E-state index is 13.1. The molecule has 1 aromatic carbocycles. The van der Waals surface area contributed by atoms with Crippen molar-refractivity contribution in [1.29, 1.82) is 5.41 Å². The fourth-order valence-electron chi connectivity index (χ4n) is 3.69. The van der Waals surface area contributed by atoms with Crippen LogP contribution in [-0.2, 0) is 13.0 Å². The van der Waals surface area contributed by atoms with E-state index in [4.69, 9.17) is 14.9 Å². The number of carbonyl (C=O) groups is 1. The molecule has 0 radical (unpaired) electrons. The van der Waals surface area contributed by atoms with Gasteiger partial charge in [-0.25, -0.2) is 4.98 Å². The van der Waals surface area contributed by atoms with Crippen LogP contribution < -0.4 is 25.8 Å². The third kappa shape index (κ3) is 3.58. The molecule has 0 atom stereocenters. The number of fused-ring (bicyclic) bond motifs is 2. The maximum Gasteiger partial charge on any atom is 0.267 e. The molecular weight excluding hydrogens is 410 g/mol. The van der Waals surface area contributed by atoms with Crippen molar-refractivity contribution in [2.24, 2.45) is 0 Å². The number of hydrogen-bond acceptors (Lipinski definition) is 6. The quantitative estimate of drug-likeness (QED) is 0.450. The van der Waals surface area contributed by atoms with E-state index in [0.717, 1.165) is 5.56 Å². The van der Waals surface area contributed by atoms with Gasteiger partial charge < -0.3 is 19.4 Å². The highest BCUT2D eigenvalue weighted by molar-refractivity contribution is 5.96. The number of methoxy groups -OCH3 is 2. The van der Waals surface area contributed by atoms with Gasteiger partial charge >= 0.3 is 0 Å². The average Bonchev–Trinajstić information content (AvgIpc) is 2.82. The van der Waals surface area contributed by atoms with Crippen molar-refractivity contribution in [3.63, 3.8) is 0 Å². The summed E-state index contributed by atoms with van der Waals surface area (Å²) in [6.07, 6.45) is 2.16. The van der Waals surface area contributed by atoms with Crippen LogP contribution in [0, 0.1) is 5.41 Å². The van der Waals surface area contributed by atoms with Crippen molar-refractivity contribution in [3.8, 4) is 11.5 Å². The molecule has 0 aliphatic rings. The molecule has 4 aromatic rings. The van der Waals surface area contributed by atoms with Gasteiger partial charge in [0, 0.05) is 19.8 Å². The highest BCUT2D eigenvalue weighted by Gasteiger charge is 2.17. The molecule has 9 nitrogen and oxygen atoms in total. The van der Waals surface area contributed by atoms with Crippen LogP contribution in [0.15, 0.2) is 53.5 Å². The normalized spacial score (nSPS) is 11.0. The number of amides is 1. The van der Waals surface area contributed by atoms with Gasteiger partial charge in [0.1, 0.15) is 16.8 Å². The number of aryl methyl sites for hydroxylation is 2. The first-order valence-electron chi connectivity index (χ1n) is 10.0. The molecule has 0 bridgehead atoms. The second kappa shape index (κ2) is 8.54. The lowest BCUT2D eigenvalue weighted by Crippen LogP contribution is -2.34. The van der Waals surface area contributed by atoms with Gasteiger partial charge in [0.05, 0.1) is 25.2 Å². The molecule has 0 unspecified atom stereocenters. The lowest BCUT2D eigenvalue weighted by Gasteiger charge is -2.15. The van der Waals surface area contributed by atoms with E-state index in [-0.39, 0.29) is 22.0 Å². The average molecular weight is 433 g/mol. The molecule has 32 heavy (non-hydrogen) atoms. The van der Waals surface area contributed by atoms with Gasteiger partial charge in [0.15, 0.2) is 11.5 Å². The summed E-state index contributed by atoms with van der Waals surface area (Å²) in [4.78, 5) is 30.2. The SMILES string of the molecule is CNC(=O)c1cc2c(=O)n3ccccc3nc2n(CCc2ccc(OC)c(OC)c2)c1=N. The van der Waals surface area contributed by atoms with Gasteiger partial charge in [-0.15, -0.1) is 0 Å². The van der Waals surface area contributed by atoms with Gasteiger partial charge in [-0.3, -0.25) is 19.4 Å². The molecule has 0 saturated carbocycles. The molecular formula is C23H23N5O4. The van der Waals surface area contributed by atoms with Crippen molar-refractivity contribution in [2.75, 3.05) is 21.3 Å². The minimum Gasteiger partial charge on any atom is -0.493 e. The Bertz CT molecular complexity index is 1460. The van der Waals surface area contributed by atoms with Gasteiger partial charge in [-0.05, 0) is 42.3 Å². The molecule has 1 amide bonds. The van der Waals surface area contributed by atoms with Gasteiger partial charge in [0.25, 0.3) is 11.5 Å². The standard InChI is InChI=1S/C23H23N5O4/c1-25-22(29)15-13-16-21(26-19-6-4-5-10-27(19)23(16)30)28(20(15)24)11-9-14-7-8-17(31-2)18(12-14)32-3/h4-8,10,12-13,24H,9,11H2,1-3H3,(H,25,29). The van der Waals surface area contributed by atoms with Crippen molar-refractivity contribution < 1.29 is 14.3 Å². The second-order valence-electron chi connectivity index (χ2n) is 7.16. The summed E-state index contributed by atoms with van der Waals surface area (Å²) < 4.78 is 13.7. The molecule has 0 aliphatic carbocycles. The number of ether oxygens (including phenoxy) is 2. The highest BCUT2D eigenvalue weighted by Crippen LogP contribution is 2.27. The Morgan fingerprint density at radius 2 is 1.91 bits per heavy atom. The number of carbonyl (C=O) groups excluding carboxylic acids is 1. The van der Waals surface area contributed by atoms with Crippen molar-refractivity contribution in [3.05, 3.63) is 75.6 Å². The monoisotopic (exact) mass is 433 g/mol. The van der Waals surface area contributed by atoms with Crippen LogP contribution in [-0.4, -0.2) is 41.1 Å². The van der Waals surface area contributed by atoms with Crippen LogP contribution >= 0.6 is 0 Å². The Hall–Kier alpha value is -4.14. The van der Waals surface area contributed by atoms with Crippen LogP contribution in [0.3, 0.4) is 0 Å². The highest BCUT2D eigenvalue weighted by atomic mass is 16.5. The summed E-state index contributed by atoms with van der Waals surface area (Å²) >= 11 is 0. The van der Waals surface area contributed by atoms with E-state index in [0.29, 0.717) is 35.8 Å². The van der Waals surface area contributed by atoms with E-state index in [1.165, 1.54) is 17.5 Å². The molecule has 0 saturated heterocycles. The predicted molar refractivity (Wildman–Crippen MR) is 119 cm³/mol. The second-order valence-corrected chi connectivity index (χ2v) is 7.16. The number of nitrogens with one attached hydrogen (secondary N) is 2. The van der Waals surface area contributed by atoms with Crippen LogP contribution in [0.4, 0.5) is 0 Å². The summed E-state index contributed by atoms with van der Waals surface area (Å²) in [5.41, 5.74) is 1.59. The number of pyridine rings is 2. The Kier molecular flexibility index (Phi) is 5.63. The Morgan fingerprint density at radius 1 is 1.12 bits per heavy atom. The lowest BCUT2D eigenvalue weighted by molar-refractivity contribution is 0.0960. The number of benzene rings is 1. The smallest absolute Gasteiger partial charge is 0.267 e. The number of nitrogens with zero attached hydrogens (tertiary/aromatic N) is 3. The molecule has 2 N–H and O–H groups in total. The van der Waals surface area contributed by atoms with Crippen LogP contribution in [0.5, 0.6) is 11.5 Å². The molecule has 4 rings (SSSR count). The zero-order valence-corrected chi connectivity index (χ0v) is 18.0. The van der Waals surface area contributed by atoms with E-state index >= 15 is 0 Å². The van der Waals surface area contributed by atoms with E-state index in [1.54, 1.807) is 43.2 Å². The van der Waals surface area contributed by atoms with Crippen LogP contribution in [0.2, 0.25) is 0 Å². The summed E-state index contributed by atoms with van der Waals surface area (Å²) in [5, 5.41) is 11.5. The van der Waals surface area contributed by atoms with Crippen LogP contribution in [0.1, 0.15) is 15.9 Å². The van der Waals surface area contributed by atoms with E-state index < -0.39 is 5.91 Å². The topological polar surface area (TPSA) is 111 Å². The molecule has 3 heterocycles. The van der Waals surface area contributed by atoms with E-state index in [1.807, 2.05) is 18.2 Å². The minimum atomic E-state index is -0.436. The number of rotatable bonds is 6. The molecule has 0 fully saturated rings. The largest absolute Gasteiger partial charge is 0.493 e. The summed E-state index contributed by atoms with van der Waals surface area (Å²) in [6.45, 7) is 0.338. The Morgan fingerprint density at radius 3 is 2.62 bits per heavy atom. The lowest BCUT2D eigenvalue weighted by atomic mass is 10.1. The van der Waals surface area contributed by atoms with Crippen LogP contribution in [0.25, 0.3) is 16.7 Å². The first kappa shape index (κ1) is 21.1. The van der Waals surface area contributed by atoms with Gasteiger partial charge in [-0.1, -0.05) is 12.1 Å².